The van der Waals surface area contributed by atoms with Crippen LogP contribution in [0, 0.1) is 0 Å². The minimum absolute atomic E-state index is 0.210. The van der Waals surface area contributed by atoms with Crippen molar-refractivity contribution in [2.75, 3.05) is 59.8 Å². The van der Waals surface area contributed by atoms with Gasteiger partial charge in [-0.05, 0) is 49.7 Å². The number of benzene rings is 2. The first-order valence-electron chi connectivity index (χ1n) is 27.0. The molecule has 78 heavy (non-hydrogen) atoms. The van der Waals surface area contributed by atoms with Gasteiger partial charge in [0.1, 0.15) is 24.4 Å². The summed E-state index contributed by atoms with van der Waals surface area (Å²) in [6.07, 6.45) is 1.20. The summed E-state index contributed by atoms with van der Waals surface area (Å²) in [6.45, 7) is 4.72. The zero-order chi connectivity index (χ0) is 54.6. The zero-order valence-electron chi connectivity index (χ0n) is 43.6. The summed E-state index contributed by atoms with van der Waals surface area (Å²) in [5.74, 6) is 0.914. The molecule has 2 aliphatic heterocycles. The Balaban J connectivity index is 0.844. The van der Waals surface area contributed by atoms with Gasteiger partial charge in [-0.25, -0.2) is 14.8 Å². The van der Waals surface area contributed by atoms with Gasteiger partial charge in [0.05, 0.1) is 62.1 Å². The summed E-state index contributed by atoms with van der Waals surface area (Å²) in [6, 6.07) is 14.9. The Morgan fingerprint density at radius 3 is 1.37 bits per heavy atom. The molecule has 25 heteroatoms. The SMILES string of the molecule is CCC(=O)N[C@H]1C[C@@H](n2cnc3c(NC(CO)Cc4ccccc4)nc(N4CC[C@@H](NC(=O)N[C@H]5CCN(c6nc(NC(CO)Cc7ccccc7)c7ncn([C@@H]8C[C@H](NC(=O)CC)[C@@H](O)[C@H]8O)c7n6)C5)C4)nc32)[C@H](O)[C@@H]1O. The van der Waals surface area contributed by atoms with Crippen LogP contribution in [0.15, 0.2) is 73.3 Å². The van der Waals surface area contributed by atoms with Crippen LogP contribution < -0.4 is 41.7 Å². The van der Waals surface area contributed by atoms with Crippen molar-refractivity contribution in [1.82, 2.24) is 60.3 Å². The van der Waals surface area contributed by atoms with Gasteiger partial charge >= 0.3 is 6.03 Å². The predicted octanol–water partition coefficient (Wildman–Crippen LogP) is 0.277. The third-order valence-corrected chi connectivity index (χ3v) is 15.6. The number of aliphatic hydroxyl groups excluding tert-OH is 6. The molecule has 416 valence electrons. The van der Waals surface area contributed by atoms with E-state index < -0.39 is 60.7 Å². The van der Waals surface area contributed by atoms with E-state index in [0.717, 1.165) is 11.1 Å². The van der Waals surface area contributed by atoms with Crippen LogP contribution in [0.25, 0.3) is 22.3 Å². The van der Waals surface area contributed by atoms with E-state index in [1.165, 1.54) is 0 Å². The summed E-state index contributed by atoms with van der Waals surface area (Å²) in [7, 11) is 0. The van der Waals surface area contributed by atoms with E-state index >= 15 is 0 Å². The number of imidazole rings is 2. The summed E-state index contributed by atoms with van der Waals surface area (Å²) in [5, 5.41) is 84.4. The number of hydrogen-bond acceptors (Lipinski definition) is 19. The van der Waals surface area contributed by atoms with Gasteiger partial charge in [-0.2, -0.15) is 19.9 Å². The van der Waals surface area contributed by atoms with Crippen molar-refractivity contribution in [2.24, 2.45) is 0 Å². The van der Waals surface area contributed by atoms with E-state index in [9.17, 15) is 45.0 Å². The van der Waals surface area contributed by atoms with Crippen LogP contribution >= 0.6 is 0 Å². The molecule has 2 saturated carbocycles. The van der Waals surface area contributed by atoms with E-state index in [0.29, 0.717) is 97.7 Å². The first-order chi connectivity index (χ1) is 37.8. The van der Waals surface area contributed by atoms with Crippen LogP contribution in [0.4, 0.5) is 28.3 Å². The summed E-state index contributed by atoms with van der Waals surface area (Å²) >= 11 is 0. The van der Waals surface area contributed by atoms with Crippen LogP contribution in [0.2, 0.25) is 0 Å². The fourth-order valence-corrected chi connectivity index (χ4v) is 11.3. The van der Waals surface area contributed by atoms with E-state index in [4.69, 9.17) is 19.9 Å². The van der Waals surface area contributed by atoms with E-state index in [1.807, 2.05) is 70.5 Å². The minimum atomic E-state index is -1.23. The molecule has 12 N–H and O–H groups in total. The Hall–Kier alpha value is -7.29. The van der Waals surface area contributed by atoms with Gasteiger partial charge in [0.25, 0.3) is 0 Å². The number of hydrogen-bond donors (Lipinski definition) is 12. The monoisotopic (exact) mass is 1070 g/mol. The van der Waals surface area contributed by atoms with Crippen LogP contribution in [0.3, 0.4) is 0 Å². The standard InChI is InChI=1S/C53H70N16O9/c1-3-39(72)60-35-21-37(45(76)43(35)74)68-27-54-41-47(56-33(25-70)19-29-11-7-5-8-12-29)62-51(64-49(41)68)66-17-15-31(23-66)58-53(78)59-32-16-18-67(24-32)52-63-48(57-34(26-71)20-30-13-9-6-10-14-30)42-50(65-52)69(28-55-42)38-22-36(44(75)46(38)77)61-40(73)4-2/h5-14,27-28,31-38,43-46,70-71,74-77H,3-4,15-26H2,1-2H3,(H,60,72)(H,61,73)(H,56,62,64)(H,57,63,65)(H2,58,59,78)/t31-,32+,33?,34?,35-,36-,37+,38+,43+,44+,45-,46-/m0/s1. The second kappa shape index (κ2) is 23.8. The highest BCUT2D eigenvalue weighted by Crippen LogP contribution is 2.37. The maximum Gasteiger partial charge on any atom is 0.315 e. The lowest BCUT2D eigenvalue weighted by Crippen LogP contribution is -2.48. The highest BCUT2D eigenvalue weighted by Gasteiger charge is 2.45. The maximum absolute atomic E-state index is 13.8. The average molecular weight is 1080 g/mol. The van der Waals surface area contributed by atoms with Crippen LogP contribution in [0.5, 0.6) is 0 Å². The van der Waals surface area contributed by atoms with Gasteiger partial charge in [-0.15, -0.1) is 0 Å². The third kappa shape index (κ3) is 11.6. The predicted molar refractivity (Wildman–Crippen MR) is 289 cm³/mol. The quantitative estimate of drug-likeness (QED) is 0.0488. The topological polar surface area (TPSA) is 338 Å². The number of carbonyl (C=O) groups is 3. The molecule has 25 nitrogen and oxygen atoms in total. The van der Waals surface area contributed by atoms with Crippen molar-refractivity contribution in [3.05, 3.63) is 84.4 Å². The highest BCUT2D eigenvalue weighted by molar-refractivity contribution is 5.86. The number of fused-ring (bicyclic) bond motifs is 2. The number of amides is 4. The van der Waals surface area contributed by atoms with Gasteiger partial charge in [-0.3, -0.25) is 9.59 Å². The van der Waals surface area contributed by atoms with E-state index in [2.05, 4.69) is 41.9 Å². The van der Waals surface area contributed by atoms with E-state index in [-0.39, 0.29) is 68.8 Å². The van der Waals surface area contributed by atoms with Crippen molar-refractivity contribution in [2.45, 2.75) is 138 Å². The Bertz CT molecular complexity index is 2840. The van der Waals surface area contributed by atoms with Crippen LogP contribution in [0.1, 0.15) is 75.6 Å². The molecule has 4 aliphatic rings. The van der Waals surface area contributed by atoms with Gasteiger partial charge in [0.15, 0.2) is 34.0 Å². The molecule has 0 radical (unpaired) electrons. The summed E-state index contributed by atoms with van der Waals surface area (Å²) in [5.41, 5.74) is 3.57. The Kier molecular flexibility index (Phi) is 16.5. The lowest BCUT2D eigenvalue weighted by molar-refractivity contribution is -0.123. The van der Waals surface area contributed by atoms with Crippen molar-refractivity contribution in [3.8, 4) is 0 Å². The number of rotatable bonds is 20. The highest BCUT2D eigenvalue weighted by atomic mass is 16.3. The minimum Gasteiger partial charge on any atom is -0.394 e. The molecule has 0 bridgehead atoms. The largest absolute Gasteiger partial charge is 0.394 e. The Morgan fingerprint density at radius 2 is 0.987 bits per heavy atom. The first-order valence-corrected chi connectivity index (χ1v) is 27.0. The number of anilines is 4. The van der Waals surface area contributed by atoms with Gasteiger partial charge in [0.2, 0.25) is 23.7 Å². The fourth-order valence-electron chi connectivity index (χ4n) is 11.3. The smallest absolute Gasteiger partial charge is 0.315 e. The van der Waals surface area contributed by atoms with Gasteiger partial charge in [0, 0.05) is 51.1 Å². The maximum atomic E-state index is 13.8. The second-order valence-corrected chi connectivity index (χ2v) is 20.9. The molecular weight excluding hydrogens is 1000 g/mol. The summed E-state index contributed by atoms with van der Waals surface area (Å²) in [4.78, 5) is 71.6. The number of nitrogens with zero attached hydrogens (tertiary/aromatic N) is 10. The molecule has 2 aromatic carbocycles. The molecule has 6 heterocycles. The van der Waals surface area contributed by atoms with E-state index in [1.54, 1.807) is 35.6 Å². The number of carbonyl (C=O) groups excluding carboxylic acids is 3. The molecule has 12 atom stereocenters. The van der Waals surface area contributed by atoms with Crippen molar-refractivity contribution in [3.63, 3.8) is 0 Å². The molecule has 10 rings (SSSR count). The second-order valence-electron chi connectivity index (χ2n) is 20.9. The molecule has 2 unspecified atom stereocenters. The third-order valence-electron chi connectivity index (χ3n) is 15.6. The Morgan fingerprint density at radius 1 is 0.577 bits per heavy atom. The number of nitrogens with one attached hydrogen (secondary N) is 6. The van der Waals surface area contributed by atoms with Crippen LogP contribution in [-0.2, 0) is 22.4 Å². The molecular formula is C53H70N16O9. The molecule has 2 aliphatic carbocycles. The summed E-state index contributed by atoms with van der Waals surface area (Å²) < 4.78 is 3.41. The lowest BCUT2D eigenvalue weighted by atomic mass is 10.1. The van der Waals surface area contributed by atoms with Crippen molar-refractivity contribution in [1.29, 1.82) is 0 Å². The molecule has 0 spiro atoms. The van der Waals surface area contributed by atoms with Crippen molar-refractivity contribution >= 4 is 63.7 Å². The molecule has 4 fully saturated rings. The van der Waals surface area contributed by atoms with Gasteiger partial charge < -0.3 is 81.5 Å². The molecule has 4 amide bonds. The number of urea groups is 1. The zero-order valence-corrected chi connectivity index (χ0v) is 43.6. The molecule has 4 aromatic heterocycles. The van der Waals surface area contributed by atoms with Gasteiger partial charge in [-0.1, -0.05) is 74.5 Å². The normalized spacial score (nSPS) is 25.8. The molecule has 6 aromatic rings. The average Bonchev–Trinajstić information content (AvgIpc) is 4.54. The molecule has 2 saturated heterocycles. The van der Waals surface area contributed by atoms with Crippen LogP contribution in [-0.4, -0.2) is 188 Å². The first kappa shape index (κ1) is 54.1. The number of aliphatic hydroxyl groups is 6. The lowest BCUT2D eigenvalue weighted by Gasteiger charge is -2.23. The van der Waals surface area contributed by atoms with Crippen molar-refractivity contribution < 1.29 is 45.0 Å². The number of aromatic nitrogens is 8. The fraction of sp³-hybridized carbons (Fsp3) is 0.528. The Labute approximate surface area is 449 Å².